The fraction of sp³-hybridized carbons (Fsp3) is 1.00. The molecule has 0 saturated carbocycles. The summed E-state index contributed by atoms with van der Waals surface area (Å²) in [5, 5.41) is 10.1. The molecule has 0 aromatic carbocycles. The molecule has 1 N–H and O–H groups in total. The van der Waals surface area contributed by atoms with Gasteiger partial charge >= 0.3 is 0 Å². The summed E-state index contributed by atoms with van der Waals surface area (Å²) in [4.78, 5) is 4.92. The molecule has 118 valence electrons. The van der Waals surface area contributed by atoms with Gasteiger partial charge in [0, 0.05) is 32.2 Å². The summed E-state index contributed by atoms with van der Waals surface area (Å²) in [6, 6.07) is 0.585. The molecule has 2 saturated heterocycles. The zero-order valence-electron chi connectivity index (χ0n) is 13.0. The number of ether oxygens (including phenoxy) is 2. The monoisotopic (exact) mass is 286 g/mol. The quantitative estimate of drug-likeness (QED) is 0.741. The molecule has 0 aromatic heterocycles. The highest BCUT2D eigenvalue weighted by molar-refractivity contribution is 4.84. The summed E-state index contributed by atoms with van der Waals surface area (Å²) in [7, 11) is 0. The molecule has 2 aliphatic heterocycles. The summed E-state index contributed by atoms with van der Waals surface area (Å²) in [6.07, 6.45) is 2.30. The van der Waals surface area contributed by atoms with Crippen molar-refractivity contribution in [3.63, 3.8) is 0 Å². The topological polar surface area (TPSA) is 45.2 Å². The Kier molecular flexibility index (Phi) is 6.71. The van der Waals surface area contributed by atoms with Gasteiger partial charge in [0.05, 0.1) is 32.0 Å². The highest BCUT2D eigenvalue weighted by atomic mass is 16.5. The number of hydrogen-bond acceptors (Lipinski definition) is 5. The standard InChI is InChI=1S/C15H30N2O3/c1-13(2)20-12-15(18)11-17-5-3-4-14(17)10-16-6-8-19-9-7-16/h13-15,18H,3-12H2,1-2H3. The van der Waals surface area contributed by atoms with Gasteiger partial charge in [0.15, 0.2) is 0 Å². The van der Waals surface area contributed by atoms with Crippen LogP contribution in [0.15, 0.2) is 0 Å². The number of nitrogens with zero attached hydrogens (tertiary/aromatic N) is 2. The smallest absolute Gasteiger partial charge is 0.0900 e. The first kappa shape index (κ1) is 16.2. The second-order valence-electron chi connectivity index (χ2n) is 6.24. The highest BCUT2D eigenvalue weighted by Gasteiger charge is 2.28. The van der Waals surface area contributed by atoms with E-state index in [9.17, 15) is 5.11 Å². The number of aliphatic hydroxyl groups is 1. The fourth-order valence-corrected chi connectivity index (χ4v) is 3.05. The van der Waals surface area contributed by atoms with Crippen LogP contribution in [0.1, 0.15) is 26.7 Å². The van der Waals surface area contributed by atoms with Gasteiger partial charge in [-0.15, -0.1) is 0 Å². The normalized spacial score (nSPS) is 27.3. The zero-order valence-corrected chi connectivity index (χ0v) is 13.0. The summed E-state index contributed by atoms with van der Waals surface area (Å²) in [5.74, 6) is 0. The largest absolute Gasteiger partial charge is 0.389 e. The number of rotatable bonds is 7. The van der Waals surface area contributed by atoms with E-state index in [-0.39, 0.29) is 12.2 Å². The van der Waals surface area contributed by atoms with Crippen LogP contribution in [0.3, 0.4) is 0 Å². The van der Waals surface area contributed by atoms with Gasteiger partial charge in [-0.1, -0.05) is 0 Å². The third-order valence-electron chi connectivity index (χ3n) is 4.14. The third-order valence-corrected chi connectivity index (χ3v) is 4.14. The molecule has 2 atom stereocenters. The van der Waals surface area contributed by atoms with Crippen molar-refractivity contribution in [1.29, 1.82) is 0 Å². The first-order valence-corrected chi connectivity index (χ1v) is 7.99. The zero-order chi connectivity index (χ0) is 14.4. The minimum absolute atomic E-state index is 0.187. The molecule has 2 aliphatic rings. The van der Waals surface area contributed by atoms with Crippen molar-refractivity contribution in [2.75, 3.05) is 52.5 Å². The first-order chi connectivity index (χ1) is 9.65. The number of morpholine rings is 1. The first-order valence-electron chi connectivity index (χ1n) is 7.99. The van der Waals surface area contributed by atoms with Crippen LogP contribution in [0.2, 0.25) is 0 Å². The van der Waals surface area contributed by atoms with Crippen molar-refractivity contribution >= 4 is 0 Å². The Balaban J connectivity index is 1.72. The van der Waals surface area contributed by atoms with Crippen LogP contribution in [0.4, 0.5) is 0 Å². The fourth-order valence-electron chi connectivity index (χ4n) is 3.05. The van der Waals surface area contributed by atoms with Crippen molar-refractivity contribution in [1.82, 2.24) is 9.80 Å². The van der Waals surface area contributed by atoms with E-state index >= 15 is 0 Å². The average molecular weight is 286 g/mol. The van der Waals surface area contributed by atoms with Gasteiger partial charge in [0.1, 0.15) is 0 Å². The van der Waals surface area contributed by atoms with Gasteiger partial charge in [-0.25, -0.2) is 0 Å². The minimum Gasteiger partial charge on any atom is -0.389 e. The maximum absolute atomic E-state index is 10.1. The Morgan fingerprint density at radius 3 is 2.70 bits per heavy atom. The van der Waals surface area contributed by atoms with Crippen molar-refractivity contribution in [2.24, 2.45) is 0 Å². The Morgan fingerprint density at radius 2 is 2.00 bits per heavy atom. The predicted octanol–water partition coefficient (Wildman–Crippen LogP) is 0.569. The lowest BCUT2D eigenvalue weighted by molar-refractivity contribution is -0.0152. The molecule has 0 aromatic rings. The predicted molar refractivity (Wildman–Crippen MR) is 78.9 cm³/mol. The summed E-state index contributed by atoms with van der Waals surface area (Å²) >= 11 is 0. The average Bonchev–Trinajstić information content (AvgIpc) is 2.85. The summed E-state index contributed by atoms with van der Waals surface area (Å²) < 4.78 is 10.9. The van der Waals surface area contributed by atoms with E-state index < -0.39 is 0 Å². The summed E-state index contributed by atoms with van der Waals surface area (Å²) in [6.45, 7) is 11.2. The molecule has 0 bridgehead atoms. The Hall–Kier alpha value is -0.200. The van der Waals surface area contributed by atoms with E-state index in [1.54, 1.807) is 0 Å². The minimum atomic E-state index is -0.373. The number of likely N-dealkylation sites (tertiary alicyclic amines) is 1. The molecular formula is C15H30N2O3. The maximum atomic E-state index is 10.1. The SMILES string of the molecule is CC(C)OCC(O)CN1CCCC1CN1CCOCC1. The highest BCUT2D eigenvalue weighted by Crippen LogP contribution is 2.19. The molecule has 0 amide bonds. The van der Waals surface area contributed by atoms with Crippen molar-refractivity contribution in [3.8, 4) is 0 Å². The van der Waals surface area contributed by atoms with Crippen LogP contribution >= 0.6 is 0 Å². The van der Waals surface area contributed by atoms with Crippen LogP contribution in [-0.4, -0.2) is 85.7 Å². The molecule has 5 nitrogen and oxygen atoms in total. The molecule has 5 heteroatoms. The van der Waals surface area contributed by atoms with Crippen molar-refractivity contribution < 1.29 is 14.6 Å². The second-order valence-corrected chi connectivity index (χ2v) is 6.24. The number of hydrogen-bond donors (Lipinski definition) is 1. The number of aliphatic hydroxyl groups excluding tert-OH is 1. The molecular weight excluding hydrogens is 256 g/mol. The molecule has 0 spiro atoms. The maximum Gasteiger partial charge on any atom is 0.0900 e. The van der Waals surface area contributed by atoms with Crippen molar-refractivity contribution in [2.45, 2.75) is 44.9 Å². The number of β-amino-alcohol motifs (C(OH)–C–C–N with tert-alkyl or cyclic N) is 1. The van der Waals surface area contributed by atoms with Gasteiger partial charge in [0.2, 0.25) is 0 Å². The third kappa shape index (κ3) is 5.30. The molecule has 20 heavy (non-hydrogen) atoms. The molecule has 2 unspecified atom stereocenters. The van der Waals surface area contributed by atoms with E-state index in [0.717, 1.165) is 45.9 Å². The van der Waals surface area contributed by atoms with Crippen LogP contribution < -0.4 is 0 Å². The second kappa shape index (κ2) is 8.29. The Morgan fingerprint density at radius 1 is 1.25 bits per heavy atom. The molecule has 2 heterocycles. The van der Waals surface area contributed by atoms with Crippen LogP contribution in [0.5, 0.6) is 0 Å². The van der Waals surface area contributed by atoms with E-state index in [2.05, 4.69) is 9.80 Å². The summed E-state index contributed by atoms with van der Waals surface area (Å²) in [5.41, 5.74) is 0. The van der Waals surface area contributed by atoms with Crippen LogP contribution in [-0.2, 0) is 9.47 Å². The molecule has 2 rings (SSSR count). The molecule has 2 fully saturated rings. The van der Waals surface area contributed by atoms with Gasteiger partial charge in [-0.2, -0.15) is 0 Å². The van der Waals surface area contributed by atoms with Gasteiger partial charge in [-0.3, -0.25) is 9.80 Å². The van der Waals surface area contributed by atoms with Crippen LogP contribution in [0, 0.1) is 0 Å². The lowest BCUT2D eigenvalue weighted by Gasteiger charge is -2.33. The lowest BCUT2D eigenvalue weighted by Crippen LogP contribution is -2.47. The van der Waals surface area contributed by atoms with E-state index in [1.165, 1.54) is 12.8 Å². The van der Waals surface area contributed by atoms with E-state index in [4.69, 9.17) is 9.47 Å². The molecule has 0 radical (unpaired) electrons. The Bertz CT molecular complexity index is 270. The van der Waals surface area contributed by atoms with Gasteiger partial charge < -0.3 is 14.6 Å². The van der Waals surface area contributed by atoms with Crippen molar-refractivity contribution in [3.05, 3.63) is 0 Å². The Labute approximate surface area is 122 Å². The molecule has 0 aliphatic carbocycles. The lowest BCUT2D eigenvalue weighted by atomic mass is 10.2. The van der Waals surface area contributed by atoms with E-state index in [1.807, 2.05) is 13.8 Å². The van der Waals surface area contributed by atoms with E-state index in [0.29, 0.717) is 12.6 Å². The van der Waals surface area contributed by atoms with Gasteiger partial charge in [0.25, 0.3) is 0 Å². The van der Waals surface area contributed by atoms with Crippen LogP contribution in [0.25, 0.3) is 0 Å². The van der Waals surface area contributed by atoms with Gasteiger partial charge in [-0.05, 0) is 33.2 Å².